The molecule has 3 N–H and O–H groups in total. The average Bonchev–Trinajstić information content (AvgIpc) is 2.43. The number of hydrogen-bond donors (Lipinski definition) is 2. The molecule has 106 valence electrons. The van der Waals surface area contributed by atoms with Gasteiger partial charge in [0.25, 0.3) is 0 Å². The van der Waals surface area contributed by atoms with Gasteiger partial charge in [0, 0.05) is 0 Å². The molecule has 0 aliphatic rings. The number of benzene rings is 2. The first kappa shape index (κ1) is 15.4. The predicted octanol–water partition coefficient (Wildman–Crippen LogP) is 4.13. The van der Waals surface area contributed by atoms with Crippen LogP contribution in [0, 0.1) is 11.6 Å². The molecule has 0 fully saturated rings. The maximum Gasteiger partial charge on any atom is 0.142 e. The summed E-state index contributed by atoms with van der Waals surface area (Å²) in [7, 11) is 0. The van der Waals surface area contributed by atoms with Gasteiger partial charge in [-0.05, 0) is 51.7 Å². The standard InChI is InChI=1S/C14H12BrClF2N2/c15-14-9(2-1-3-11(14)17)13(20-19)7-8-4-5-10(16)12(18)6-8/h1-6,13,20H,7,19H2. The van der Waals surface area contributed by atoms with Crippen LogP contribution in [-0.4, -0.2) is 0 Å². The van der Waals surface area contributed by atoms with Gasteiger partial charge >= 0.3 is 0 Å². The number of hydrogen-bond acceptors (Lipinski definition) is 2. The van der Waals surface area contributed by atoms with Gasteiger partial charge in [0.15, 0.2) is 0 Å². The molecule has 1 unspecified atom stereocenters. The molecule has 0 radical (unpaired) electrons. The van der Waals surface area contributed by atoms with Crippen LogP contribution in [-0.2, 0) is 6.42 Å². The normalized spacial score (nSPS) is 12.4. The van der Waals surface area contributed by atoms with E-state index in [0.717, 1.165) is 0 Å². The molecule has 0 spiro atoms. The van der Waals surface area contributed by atoms with Gasteiger partial charge in [-0.1, -0.05) is 29.8 Å². The number of halogens is 4. The first-order valence-electron chi connectivity index (χ1n) is 5.87. The molecule has 1 atom stereocenters. The van der Waals surface area contributed by atoms with Crippen LogP contribution >= 0.6 is 27.5 Å². The van der Waals surface area contributed by atoms with Gasteiger partial charge < -0.3 is 0 Å². The zero-order chi connectivity index (χ0) is 14.7. The number of nitrogens with two attached hydrogens (primary N) is 1. The van der Waals surface area contributed by atoms with Crippen molar-refractivity contribution in [2.75, 3.05) is 0 Å². The van der Waals surface area contributed by atoms with Crippen LogP contribution in [0.3, 0.4) is 0 Å². The molecule has 20 heavy (non-hydrogen) atoms. The fraction of sp³-hybridized carbons (Fsp3) is 0.143. The number of rotatable bonds is 4. The Labute approximate surface area is 129 Å². The fourth-order valence-electron chi connectivity index (χ4n) is 1.95. The lowest BCUT2D eigenvalue weighted by Gasteiger charge is -2.18. The first-order valence-corrected chi connectivity index (χ1v) is 7.04. The van der Waals surface area contributed by atoms with E-state index in [1.165, 1.54) is 18.2 Å². The highest BCUT2D eigenvalue weighted by Gasteiger charge is 2.16. The van der Waals surface area contributed by atoms with E-state index in [2.05, 4.69) is 21.4 Å². The van der Waals surface area contributed by atoms with Crippen molar-refractivity contribution in [2.24, 2.45) is 5.84 Å². The largest absolute Gasteiger partial charge is 0.271 e. The van der Waals surface area contributed by atoms with Crippen LogP contribution in [0.25, 0.3) is 0 Å². The third-order valence-electron chi connectivity index (χ3n) is 2.98. The van der Waals surface area contributed by atoms with Crippen molar-refractivity contribution < 1.29 is 8.78 Å². The van der Waals surface area contributed by atoms with Gasteiger partial charge in [-0.3, -0.25) is 11.3 Å². The lowest BCUT2D eigenvalue weighted by atomic mass is 9.99. The second-order valence-electron chi connectivity index (χ2n) is 4.31. The summed E-state index contributed by atoms with van der Waals surface area (Å²) in [6, 6.07) is 8.90. The Morgan fingerprint density at radius 3 is 2.60 bits per heavy atom. The summed E-state index contributed by atoms with van der Waals surface area (Å²) in [4.78, 5) is 0. The molecule has 2 aromatic carbocycles. The molecule has 0 aromatic heterocycles. The molecule has 0 aliphatic heterocycles. The Morgan fingerprint density at radius 1 is 1.20 bits per heavy atom. The summed E-state index contributed by atoms with van der Waals surface area (Å²) in [5.74, 6) is 4.67. The van der Waals surface area contributed by atoms with Crippen molar-refractivity contribution in [3.63, 3.8) is 0 Å². The monoisotopic (exact) mass is 360 g/mol. The summed E-state index contributed by atoms with van der Waals surface area (Å²) in [6.45, 7) is 0. The van der Waals surface area contributed by atoms with Crippen molar-refractivity contribution >= 4 is 27.5 Å². The Hall–Kier alpha value is -1.01. The summed E-state index contributed by atoms with van der Waals surface area (Å²) in [5.41, 5.74) is 4.00. The molecule has 2 rings (SSSR count). The Morgan fingerprint density at radius 2 is 1.95 bits per heavy atom. The molecule has 0 bridgehead atoms. The van der Waals surface area contributed by atoms with E-state index in [1.807, 2.05) is 0 Å². The third kappa shape index (κ3) is 3.35. The maximum absolute atomic E-state index is 13.5. The van der Waals surface area contributed by atoms with Gasteiger partial charge in [0.2, 0.25) is 0 Å². The maximum atomic E-state index is 13.5. The summed E-state index contributed by atoms with van der Waals surface area (Å²) in [5, 5.41) is 0.0675. The summed E-state index contributed by atoms with van der Waals surface area (Å²) < 4.78 is 27.3. The molecule has 0 aliphatic carbocycles. The van der Waals surface area contributed by atoms with E-state index < -0.39 is 5.82 Å². The van der Waals surface area contributed by atoms with Gasteiger partial charge in [-0.15, -0.1) is 0 Å². The predicted molar refractivity (Wildman–Crippen MR) is 79.3 cm³/mol. The highest BCUT2D eigenvalue weighted by molar-refractivity contribution is 9.10. The van der Waals surface area contributed by atoms with E-state index in [9.17, 15) is 8.78 Å². The topological polar surface area (TPSA) is 38.0 Å². The Bertz CT molecular complexity index is 622. The number of hydrazine groups is 1. The van der Waals surface area contributed by atoms with Crippen LogP contribution < -0.4 is 11.3 Å². The first-order chi connectivity index (χ1) is 9.52. The van der Waals surface area contributed by atoms with Crippen LogP contribution in [0.5, 0.6) is 0 Å². The minimum atomic E-state index is -0.488. The third-order valence-corrected chi connectivity index (χ3v) is 4.13. The second-order valence-corrected chi connectivity index (χ2v) is 5.52. The minimum absolute atomic E-state index is 0.0675. The van der Waals surface area contributed by atoms with Crippen molar-refractivity contribution in [1.82, 2.24) is 5.43 Å². The van der Waals surface area contributed by atoms with E-state index in [-0.39, 0.29) is 16.9 Å². The molecule has 6 heteroatoms. The van der Waals surface area contributed by atoms with Crippen LogP contribution in [0.2, 0.25) is 5.02 Å². The minimum Gasteiger partial charge on any atom is -0.271 e. The molecule has 0 saturated carbocycles. The van der Waals surface area contributed by atoms with Crippen LogP contribution in [0.4, 0.5) is 8.78 Å². The smallest absolute Gasteiger partial charge is 0.142 e. The van der Waals surface area contributed by atoms with E-state index >= 15 is 0 Å². The van der Waals surface area contributed by atoms with Crippen molar-refractivity contribution in [3.8, 4) is 0 Å². The highest BCUT2D eigenvalue weighted by Crippen LogP contribution is 2.28. The van der Waals surface area contributed by atoms with Crippen molar-refractivity contribution in [2.45, 2.75) is 12.5 Å². The lowest BCUT2D eigenvalue weighted by molar-refractivity contribution is 0.538. The zero-order valence-corrected chi connectivity index (χ0v) is 12.7. The van der Waals surface area contributed by atoms with E-state index in [1.54, 1.807) is 18.2 Å². The Balaban J connectivity index is 2.28. The Kier molecular flexibility index (Phi) is 5.10. The highest BCUT2D eigenvalue weighted by atomic mass is 79.9. The van der Waals surface area contributed by atoms with Crippen LogP contribution in [0.1, 0.15) is 17.2 Å². The van der Waals surface area contributed by atoms with Crippen molar-refractivity contribution in [1.29, 1.82) is 0 Å². The quantitative estimate of drug-likeness (QED) is 0.635. The molecular formula is C14H12BrClF2N2. The second kappa shape index (κ2) is 6.63. The average molecular weight is 362 g/mol. The summed E-state index contributed by atoms with van der Waals surface area (Å²) >= 11 is 8.84. The van der Waals surface area contributed by atoms with Gasteiger partial charge in [0.1, 0.15) is 11.6 Å². The molecular weight excluding hydrogens is 350 g/mol. The summed E-state index contributed by atoms with van der Waals surface area (Å²) in [6.07, 6.45) is 0.409. The number of nitrogens with one attached hydrogen (secondary N) is 1. The zero-order valence-electron chi connectivity index (χ0n) is 10.3. The fourth-order valence-corrected chi connectivity index (χ4v) is 2.61. The molecule has 2 aromatic rings. The van der Waals surface area contributed by atoms with E-state index in [4.69, 9.17) is 17.4 Å². The lowest BCUT2D eigenvalue weighted by Crippen LogP contribution is -2.30. The molecule has 2 nitrogen and oxygen atoms in total. The molecule has 0 saturated heterocycles. The SMILES string of the molecule is NNC(Cc1ccc(Cl)c(F)c1)c1cccc(F)c1Br. The van der Waals surface area contributed by atoms with Gasteiger partial charge in [-0.25, -0.2) is 8.78 Å². The molecule has 0 heterocycles. The van der Waals surface area contributed by atoms with Crippen LogP contribution in [0.15, 0.2) is 40.9 Å². The van der Waals surface area contributed by atoms with Gasteiger partial charge in [0.05, 0.1) is 15.5 Å². The van der Waals surface area contributed by atoms with E-state index in [0.29, 0.717) is 22.0 Å². The van der Waals surface area contributed by atoms with Crippen molar-refractivity contribution in [3.05, 3.63) is 68.7 Å². The van der Waals surface area contributed by atoms with Gasteiger partial charge in [-0.2, -0.15) is 0 Å². The molecule has 0 amide bonds.